The van der Waals surface area contributed by atoms with Gasteiger partial charge in [0.05, 0.1) is 59.5 Å². The van der Waals surface area contributed by atoms with Crippen molar-refractivity contribution in [2.24, 2.45) is 0 Å². The van der Waals surface area contributed by atoms with Gasteiger partial charge >= 0.3 is 0 Å². The lowest BCUT2D eigenvalue weighted by molar-refractivity contribution is -0.0128. The van der Waals surface area contributed by atoms with Crippen molar-refractivity contribution in [1.82, 2.24) is 0 Å². The average Bonchev–Trinajstić information content (AvgIpc) is 2.87. The molecule has 196 valence electrons. The molecule has 0 aliphatic rings. The third kappa shape index (κ3) is 19.9. The maximum atomic E-state index is 10.6. The summed E-state index contributed by atoms with van der Waals surface area (Å²) in [4.78, 5) is 10.6. The lowest BCUT2D eigenvalue weighted by Crippen LogP contribution is -2.14. The Balaban J connectivity index is 1.68. The summed E-state index contributed by atoms with van der Waals surface area (Å²) in [5, 5.41) is 0. The number of unbranched alkanes of at least 4 members (excludes halogenated alkanes) is 7. The minimum absolute atomic E-state index is 0.452. The van der Waals surface area contributed by atoms with Crippen molar-refractivity contribution < 1.29 is 33.2 Å². The first-order chi connectivity index (χ1) is 16.9. The summed E-state index contributed by atoms with van der Waals surface area (Å²) in [6.07, 6.45) is 11.4. The Morgan fingerprint density at radius 1 is 0.529 bits per heavy atom. The van der Waals surface area contributed by atoms with Crippen LogP contribution in [0.5, 0.6) is 5.75 Å². The van der Waals surface area contributed by atoms with Gasteiger partial charge in [-0.05, 0) is 30.7 Å². The van der Waals surface area contributed by atoms with E-state index in [2.05, 4.69) is 6.92 Å². The van der Waals surface area contributed by atoms with Crippen LogP contribution in [0.4, 0.5) is 0 Å². The van der Waals surface area contributed by atoms with Crippen LogP contribution in [0.15, 0.2) is 24.3 Å². The quantitative estimate of drug-likeness (QED) is 0.134. The monoisotopic (exact) mass is 482 g/mol. The van der Waals surface area contributed by atoms with Gasteiger partial charge in [0.25, 0.3) is 0 Å². The second kappa shape index (κ2) is 24.6. The third-order valence-corrected chi connectivity index (χ3v) is 5.14. The van der Waals surface area contributed by atoms with Crippen molar-refractivity contribution in [2.45, 2.75) is 58.3 Å². The summed E-state index contributed by atoms with van der Waals surface area (Å²) >= 11 is 0. The predicted molar refractivity (Wildman–Crippen MR) is 134 cm³/mol. The van der Waals surface area contributed by atoms with Crippen molar-refractivity contribution in [1.29, 1.82) is 0 Å². The molecule has 7 nitrogen and oxygen atoms in total. The topological polar surface area (TPSA) is 72.5 Å². The van der Waals surface area contributed by atoms with Gasteiger partial charge in [-0.15, -0.1) is 0 Å². The van der Waals surface area contributed by atoms with E-state index in [9.17, 15) is 4.79 Å². The van der Waals surface area contributed by atoms with Gasteiger partial charge in [0.1, 0.15) is 18.6 Å². The summed E-state index contributed by atoms with van der Waals surface area (Å²) < 4.78 is 33.0. The molecule has 0 radical (unpaired) electrons. The molecule has 1 aromatic carbocycles. The lowest BCUT2D eigenvalue weighted by Gasteiger charge is -2.09. The number of rotatable bonds is 26. The molecular formula is C27H46O7. The highest BCUT2D eigenvalue weighted by molar-refractivity contribution is 5.74. The van der Waals surface area contributed by atoms with Gasteiger partial charge in [-0.2, -0.15) is 0 Å². The lowest BCUT2D eigenvalue weighted by atomic mass is 10.1. The van der Waals surface area contributed by atoms with E-state index in [4.69, 9.17) is 28.4 Å². The molecule has 0 N–H and O–H groups in total. The van der Waals surface area contributed by atoms with Crippen molar-refractivity contribution in [2.75, 3.05) is 72.7 Å². The molecule has 0 spiro atoms. The zero-order valence-electron chi connectivity index (χ0n) is 21.2. The number of hydrogen-bond acceptors (Lipinski definition) is 7. The fourth-order valence-corrected chi connectivity index (χ4v) is 3.18. The van der Waals surface area contributed by atoms with Crippen LogP contribution in [-0.4, -0.2) is 79.0 Å². The second-order valence-electron chi connectivity index (χ2n) is 8.07. The highest BCUT2D eigenvalue weighted by Gasteiger charge is 1.97. The molecule has 7 heteroatoms. The third-order valence-electron chi connectivity index (χ3n) is 5.14. The van der Waals surface area contributed by atoms with Gasteiger partial charge in [0.15, 0.2) is 0 Å². The van der Waals surface area contributed by atoms with E-state index in [1.54, 1.807) is 24.3 Å². The second-order valence-corrected chi connectivity index (χ2v) is 8.07. The van der Waals surface area contributed by atoms with Crippen LogP contribution in [0.3, 0.4) is 0 Å². The van der Waals surface area contributed by atoms with Crippen LogP contribution in [0.1, 0.15) is 68.6 Å². The highest BCUT2D eigenvalue weighted by Crippen LogP contribution is 2.10. The summed E-state index contributed by atoms with van der Waals surface area (Å²) in [5.74, 6) is 0.720. The van der Waals surface area contributed by atoms with E-state index >= 15 is 0 Å². The van der Waals surface area contributed by atoms with Crippen LogP contribution >= 0.6 is 0 Å². The summed E-state index contributed by atoms with van der Waals surface area (Å²) in [6, 6.07) is 6.98. The fraction of sp³-hybridized carbons (Fsp3) is 0.741. The minimum Gasteiger partial charge on any atom is -0.491 e. The molecule has 0 saturated heterocycles. The molecule has 1 aromatic rings. The van der Waals surface area contributed by atoms with Crippen molar-refractivity contribution in [3.8, 4) is 5.75 Å². The van der Waals surface area contributed by atoms with Crippen LogP contribution in [0.25, 0.3) is 0 Å². The van der Waals surface area contributed by atoms with E-state index in [0.29, 0.717) is 71.6 Å². The Hall–Kier alpha value is -1.51. The molecule has 0 atom stereocenters. The standard InChI is InChI=1S/C27H46O7/c1-2-3-4-5-6-7-8-9-14-29-15-16-30-17-18-31-19-20-32-21-22-33-23-24-34-27-12-10-26(25-28)11-13-27/h10-13,25H,2-9,14-24H2,1H3. The number of carbonyl (C=O) groups excluding carboxylic acids is 1. The van der Waals surface area contributed by atoms with E-state index in [1.165, 1.54) is 44.9 Å². The zero-order chi connectivity index (χ0) is 24.4. The molecule has 0 amide bonds. The number of ether oxygens (including phenoxy) is 6. The zero-order valence-corrected chi connectivity index (χ0v) is 21.2. The van der Waals surface area contributed by atoms with E-state index in [1.807, 2.05) is 0 Å². The molecule has 1 rings (SSSR count). The number of benzene rings is 1. The predicted octanol–water partition coefficient (Wildman–Crippen LogP) is 5.10. The van der Waals surface area contributed by atoms with Crippen molar-refractivity contribution >= 4 is 6.29 Å². The Kier molecular flexibility index (Phi) is 22.1. The molecule has 0 aliphatic heterocycles. The summed E-state index contributed by atoms with van der Waals surface area (Å²) in [5.41, 5.74) is 0.631. The number of hydrogen-bond donors (Lipinski definition) is 0. The van der Waals surface area contributed by atoms with Gasteiger partial charge in [-0.1, -0.05) is 51.9 Å². The first-order valence-electron chi connectivity index (χ1n) is 12.9. The normalized spacial score (nSPS) is 11.1. The van der Waals surface area contributed by atoms with Gasteiger partial charge in [-0.3, -0.25) is 4.79 Å². The SMILES string of the molecule is CCCCCCCCCCOCCOCCOCCOCCOCCOc1ccc(C=O)cc1. The van der Waals surface area contributed by atoms with E-state index in [-0.39, 0.29) is 0 Å². The van der Waals surface area contributed by atoms with Crippen molar-refractivity contribution in [3.05, 3.63) is 29.8 Å². The summed E-state index contributed by atoms with van der Waals surface area (Å²) in [7, 11) is 0. The van der Waals surface area contributed by atoms with Crippen LogP contribution in [0.2, 0.25) is 0 Å². The first-order valence-corrected chi connectivity index (χ1v) is 12.9. The smallest absolute Gasteiger partial charge is 0.150 e. The molecule has 0 aromatic heterocycles. The van der Waals surface area contributed by atoms with Crippen LogP contribution in [-0.2, 0) is 23.7 Å². The maximum Gasteiger partial charge on any atom is 0.150 e. The van der Waals surface area contributed by atoms with Crippen LogP contribution < -0.4 is 4.74 Å². The number of carbonyl (C=O) groups is 1. The molecule has 0 fully saturated rings. The Bertz CT molecular complexity index is 550. The highest BCUT2D eigenvalue weighted by atomic mass is 16.6. The van der Waals surface area contributed by atoms with Gasteiger partial charge < -0.3 is 28.4 Å². The van der Waals surface area contributed by atoms with Crippen molar-refractivity contribution in [3.63, 3.8) is 0 Å². The molecule has 0 aliphatic carbocycles. The molecule has 0 heterocycles. The fourth-order valence-electron chi connectivity index (χ4n) is 3.18. The molecule has 0 unspecified atom stereocenters. The minimum atomic E-state index is 0.452. The first kappa shape index (κ1) is 30.5. The molecule has 34 heavy (non-hydrogen) atoms. The van der Waals surface area contributed by atoms with E-state index in [0.717, 1.165) is 25.1 Å². The largest absolute Gasteiger partial charge is 0.491 e. The average molecular weight is 483 g/mol. The van der Waals surface area contributed by atoms with E-state index < -0.39 is 0 Å². The van der Waals surface area contributed by atoms with Crippen LogP contribution in [0, 0.1) is 0 Å². The Labute approximate surface area is 206 Å². The van der Waals surface area contributed by atoms with Gasteiger partial charge in [0.2, 0.25) is 0 Å². The molecular weight excluding hydrogens is 436 g/mol. The van der Waals surface area contributed by atoms with Gasteiger partial charge in [-0.25, -0.2) is 0 Å². The Morgan fingerprint density at radius 2 is 0.941 bits per heavy atom. The molecule has 0 saturated carbocycles. The Morgan fingerprint density at radius 3 is 1.41 bits per heavy atom. The van der Waals surface area contributed by atoms with Gasteiger partial charge in [0, 0.05) is 12.2 Å². The molecule has 0 bridgehead atoms. The summed E-state index contributed by atoms with van der Waals surface area (Å²) in [6.45, 7) is 8.51. The maximum absolute atomic E-state index is 10.6. The number of aldehydes is 1.